The van der Waals surface area contributed by atoms with Gasteiger partial charge < -0.3 is 0 Å². The number of para-hydroxylation sites is 1. The molecule has 0 heterocycles. The van der Waals surface area contributed by atoms with Crippen LogP contribution in [0.5, 0.6) is 0 Å². The number of hydrazine groups is 1. The van der Waals surface area contributed by atoms with Crippen LogP contribution in [0.2, 0.25) is 0 Å². The summed E-state index contributed by atoms with van der Waals surface area (Å²) < 4.78 is 30.0. The summed E-state index contributed by atoms with van der Waals surface area (Å²) in [4.78, 5) is 22.0. The third-order valence-corrected chi connectivity index (χ3v) is 4.97. The van der Waals surface area contributed by atoms with Gasteiger partial charge in [0.25, 0.3) is 0 Å². The Labute approximate surface area is 149 Å². The molecular weight excluding hydrogens is 356 g/mol. The summed E-state index contributed by atoms with van der Waals surface area (Å²) in [6, 6.07) is 16.3. The lowest BCUT2D eigenvalue weighted by molar-refractivity contribution is 0.111. The maximum atomic E-state index is 12.6. The molecule has 0 bridgehead atoms. The third kappa shape index (κ3) is 3.47. The van der Waals surface area contributed by atoms with E-state index in [1.807, 2.05) is 0 Å². The summed E-state index contributed by atoms with van der Waals surface area (Å²) in [6.07, 6.45) is 1.07. The average molecular weight is 370 g/mol. The first kappa shape index (κ1) is 17.7. The van der Waals surface area contributed by atoms with Gasteiger partial charge in [-0.2, -0.15) is 12.7 Å². The number of fused-ring (bicyclic) bond motifs is 1. The Morgan fingerprint density at radius 3 is 2.27 bits per heavy atom. The van der Waals surface area contributed by atoms with Crippen molar-refractivity contribution in [1.82, 2.24) is 5.59 Å². The van der Waals surface area contributed by atoms with Crippen molar-refractivity contribution in [3.63, 3.8) is 0 Å². The van der Waals surface area contributed by atoms with E-state index in [9.17, 15) is 18.0 Å². The largest absolute Gasteiger partial charge is 0.315 e. The molecule has 3 rings (SSSR count). The molecule has 0 radical (unpaired) electrons. The molecule has 7 nitrogen and oxygen atoms in total. The Bertz CT molecular complexity index is 1080. The summed E-state index contributed by atoms with van der Waals surface area (Å²) in [5.74, 6) is 0. The number of anilines is 1. The molecule has 0 aliphatic rings. The average Bonchev–Trinajstić information content (AvgIpc) is 2.67. The summed E-state index contributed by atoms with van der Waals surface area (Å²) in [6.45, 7) is 0. The lowest BCUT2D eigenvalue weighted by atomic mass is 10.1. The van der Waals surface area contributed by atoms with Crippen LogP contribution in [-0.2, 0) is 14.4 Å². The first-order valence-electron chi connectivity index (χ1n) is 7.52. The molecular formula is C18H14N2O5S. The highest BCUT2D eigenvalue weighted by Crippen LogP contribution is 2.27. The van der Waals surface area contributed by atoms with Gasteiger partial charge in [-0.05, 0) is 23.6 Å². The van der Waals surface area contributed by atoms with E-state index in [1.54, 1.807) is 54.6 Å². The minimum absolute atomic E-state index is 0.0150. The normalized spacial score (nSPS) is 11.2. The zero-order chi connectivity index (χ0) is 18.6. The molecule has 0 saturated heterocycles. The van der Waals surface area contributed by atoms with Crippen molar-refractivity contribution in [3.05, 3.63) is 71.8 Å². The highest BCUT2D eigenvalue weighted by Gasteiger charge is 2.23. The van der Waals surface area contributed by atoms with Crippen molar-refractivity contribution in [2.45, 2.75) is 4.90 Å². The molecule has 3 aromatic rings. The molecule has 0 fully saturated rings. The summed E-state index contributed by atoms with van der Waals surface area (Å²) >= 11 is 0. The van der Waals surface area contributed by atoms with Crippen molar-refractivity contribution in [1.29, 1.82) is 0 Å². The number of hydrogen-bond acceptors (Lipinski definition) is 7. The van der Waals surface area contributed by atoms with Crippen molar-refractivity contribution < 1.29 is 22.3 Å². The van der Waals surface area contributed by atoms with Gasteiger partial charge in [0.15, 0.2) is 12.6 Å². The maximum absolute atomic E-state index is 12.6. The lowest BCUT2D eigenvalue weighted by Crippen LogP contribution is -2.27. The fourth-order valence-corrected chi connectivity index (χ4v) is 3.61. The van der Waals surface area contributed by atoms with E-state index in [0.29, 0.717) is 34.6 Å². The van der Waals surface area contributed by atoms with E-state index in [1.165, 1.54) is 6.07 Å². The Morgan fingerprint density at radius 2 is 1.50 bits per heavy atom. The number of aldehydes is 2. The molecule has 0 saturated carbocycles. The van der Waals surface area contributed by atoms with Gasteiger partial charge in [0.1, 0.15) is 4.90 Å². The monoisotopic (exact) mass is 370 g/mol. The van der Waals surface area contributed by atoms with Crippen LogP contribution in [0.25, 0.3) is 10.8 Å². The number of carbonyl (C=O) groups is 2. The molecule has 132 valence electrons. The molecule has 0 amide bonds. The van der Waals surface area contributed by atoms with E-state index in [0.717, 1.165) is 0 Å². The third-order valence-electron chi connectivity index (χ3n) is 3.71. The smallest absolute Gasteiger partial charge is 0.298 e. The van der Waals surface area contributed by atoms with E-state index in [-0.39, 0.29) is 10.5 Å². The first-order chi connectivity index (χ1) is 12.6. The van der Waals surface area contributed by atoms with Gasteiger partial charge in [-0.1, -0.05) is 48.1 Å². The number of nitrogens with one attached hydrogen (secondary N) is 2. The molecule has 8 heteroatoms. The molecule has 3 aromatic carbocycles. The zero-order valence-electron chi connectivity index (χ0n) is 13.4. The van der Waals surface area contributed by atoms with Crippen LogP contribution < -0.4 is 11.0 Å². The van der Waals surface area contributed by atoms with Gasteiger partial charge in [-0.25, -0.2) is 0 Å². The van der Waals surface area contributed by atoms with Gasteiger partial charge >= 0.3 is 10.1 Å². The topological polar surface area (TPSA) is 102 Å². The van der Waals surface area contributed by atoms with Crippen molar-refractivity contribution in [2.24, 2.45) is 0 Å². The highest BCUT2D eigenvalue weighted by molar-refractivity contribution is 7.87. The first-order valence-corrected chi connectivity index (χ1v) is 8.93. The fourth-order valence-electron chi connectivity index (χ4n) is 2.52. The summed E-state index contributed by atoms with van der Waals surface area (Å²) in [5, 5.41) is 1.02. The number of benzene rings is 3. The van der Waals surface area contributed by atoms with Crippen LogP contribution in [0.15, 0.2) is 65.6 Å². The Balaban J connectivity index is 1.90. The quantitative estimate of drug-likeness (QED) is 0.487. The van der Waals surface area contributed by atoms with E-state index < -0.39 is 10.1 Å². The molecule has 0 aliphatic carbocycles. The zero-order valence-corrected chi connectivity index (χ0v) is 14.2. The SMILES string of the molecule is O=Cc1ccccc1NNOS(=O)(=O)c1c(C=O)ccc2ccccc12. The van der Waals surface area contributed by atoms with Crippen LogP contribution in [-0.4, -0.2) is 21.0 Å². The highest BCUT2D eigenvalue weighted by atomic mass is 32.2. The number of hydrogen-bond donors (Lipinski definition) is 2. The Hall–Kier alpha value is -3.07. The second-order valence-electron chi connectivity index (χ2n) is 5.29. The summed E-state index contributed by atoms with van der Waals surface area (Å²) in [7, 11) is -4.31. The number of carbonyl (C=O) groups excluding carboxylic acids is 2. The van der Waals surface area contributed by atoms with Crippen LogP contribution in [0.3, 0.4) is 0 Å². The Kier molecular flexibility index (Phi) is 5.08. The van der Waals surface area contributed by atoms with Gasteiger partial charge in [0.05, 0.1) is 5.69 Å². The van der Waals surface area contributed by atoms with Gasteiger partial charge in [0.2, 0.25) is 0 Å². The molecule has 0 aromatic heterocycles. The second kappa shape index (κ2) is 7.44. The standard InChI is InChI=1S/C18H14N2O5S/c21-11-14-6-2-4-8-17(14)19-20-25-26(23,24)18-15(12-22)10-9-13-5-1-3-7-16(13)18/h1-12,19-20H. The molecule has 0 spiro atoms. The van der Waals surface area contributed by atoms with Crippen molar-refractivity contribution in [3.8, 4) is 0 Å². The lowest BCUT2D eigenvalue weighted by Gasteiger charge is -2.13. The van der Waals surface area contributed by atoms with Crippen LogP contribution >= 0.6 is 0 Å². The van der Waals surface area contributed by atoms with E-state index >= 15 is 0 Å². The van der Waals surface area contributed by atoms with E-state index in [4.69, 9.17) is 4.28 Å². The van der Waals surface area contributed by atoms with Crippen LogP contribution in [0.1, 0.15) is 20.7 Å². The summed E-state index contributed by atoms with van der Waals surface area (Å²) in [5.41, 5.74) is 5.27. The maximum Gasteiger partial charge on any atom is 0.315 e. The Morgan fingerprint density at radius 1 is 0.808 bits per heavy atom. The second-order valence-corrected chi connectivity index (χ2v) is 6.78. The van der Waals surface area contributed by atoms with Gasteiger partial charge in [-0.3, -0.25) is 15.0 Å². The number of rotatable bonds is 7. The molecule has 0 atom stereocenters. The fraction of sp³-hybridized carbons (Fsp3) is 0. The van der Waals surface area contributed by atoms with Crippen LogP contribution in [0.4, 0.5) is 5.69 Å². The molecule has 0 aliphatic heterocycles. The minimum atomic E-state index is -4.31. The minimum Gasteiger partial charge on any atom is -0.298 e. The van der Waals surface area contributed by atoms with Crippen molar-refractivity contribution in [2.75, 3.05) is 5.43 Å². The molecule has 26 heavy (non-hydrogen) atoms. The van der Waals surface area contributed by atoms with E-state index in [2.05, 4.69) is 11.0 Å². The van der Waals surface area contributed by atoms with Crippen molar-refractivity contribution >= 4 is 39.2 Å². The van der Waals surface area contributed by atoms with Gasteiger partial charge in [0, 0.05) is 16.5 Å². The van der Waals surface area contributed by atoms with Gasteiger partial charge in [-0.15, -0.1) is 0 Å². The predicted octanol–water partition coefficient (Wildman–Crippen LogP) is 2.70. The van der Waals surface area contributed by atoms with Crippen LogP contribution in [0, 0.1) is 0 Å². The predicted molar refractivity (Wildman–Crippen MR) is 96.2 cm³/mol. The molecule has 2 N–H and O–H groups in total. The molecule has 0 unspecified atom stereocenters.